The van der Waals surface area contributed by atoms with E-state index in [0.717, 1.165) is 23.2 Å². The third-order valence-electron chi connectivity index (χ3n) is 6.66. The van der Waals surface area contributed by atoms with Gasteiger partial charge < -0.3 is 14.4 Å². The van der Waals surface area contributed by atoms with E-state index in [1.165, 1.54) is 5.56 Å². The van der Waals surface area contributed by atoms with Crippen LogP contribution in [-0.2, 0) is 10.2 Å². The molecule has 0 saturated carbocycles. The number of amides is 1. The molecule has 0 bridgehead atoms. The first-order valence-electron chi connectivity index (χ1n) is 11.3. The van der Waals surface area contributed by atoms with E-state index in [4.69, 9.17) is 21.1 Å². The number of benzene rings is 3. The van der Waals surface area contributed by atoms with Gasteiger partial charge in [0.15, 0.2) is 11.5 Å². The standard InChI is InChI=1S/C29H30ClNO3/c1-28(2)19-29(3,21-12-14-22(30)15-13-21)23-8-6-7-9-24(23)31(28)27(32)17-11-20-10-16-25(33-4)26(18-20)34-5/h6-18H,19H2,1-5H3/b17-11+/t29-/m0/s1. The molecule has 0 unspecified atom stereocenters. The second-order valence-corrected chi connectivity index (χ2v) is 9.90. The highest BCUT2D eigenvalue weighted by molar-refractivity contribution is 6.30. The number of para-hydroxylation sites is 1. The number of carbonyl (C=O) groups is 1. The van der Waals surface area contributed by atoms with E-state index >= 15 is 0 Å². The lowest BCUT2D eigenvalue weighted by atomic mass is 9.65. The van der Waals surface area contributed by atoms with Gasteiger partial charge in [0.1, 0.15) is 0 Å². The number of methoxy groups -OCH3 is 2. The molecular weight excluding hydrogens is 446 g/mol. The van der Waals surface area contributed by atoms with Crippen LogP contribution < -0.4 is 14.4 Å². The fraction of sp³-hybridized carbons (Fsp3) is 0.276. The summed E-state index contributed by atoms with van der Waals surface area (Å²) in [6, 6.07) is 21.8. The van der Waals surface area contributed by atoms with Crippen molar-refractivity contribution >= 4 is 29.3 Å². The van der Waals surface area contributed by atoms with Crippen LogP contribution in [0.15, 0.2) is 72.8 Å². The molecule has 0 aromatic heterocycles. The number of hydrogen-bond acceptors (Lipinski definition) is 3. The average Bonchev–Trinajstić information content (AvgIpc) is 2.82. The van der Waals surface area contributed by atoms with Gasteiger partial charge in [0.25, 0.3) is 5.91 Å². The summed E-state index contributed by atoms with van der Waals surface area (Å²) < 4.78 is 10.7. The number of nitrogens with zero attached hydrogens (tertiary/aromatic N) is 1. The van der Waals surface area contributed by atoms with Crippen LogP contribution >= 0.6 is 11.6 Å². The second-order valence-electron chi connectivity index (χ2n) is 9.47. The van der Waals surface area contributed by atoms with Crippen molar-refractivity contribution in [2.45, 2.75) is 38.1 Å². The van der Waals surface area contributed by atoms with E-state index in [2.05, 4.69) is 39.0 Å². The van der Waals surface area contributed by atoms with Crippen molar-refractivity contribution in [2.24, 2.45) is 0 Å². The van der Waals surface area contributed by atoms with Crippen molar-refractivity contribution < 1.29 is 14.3 Å². The molecule has 4 nitrogen and oxygen atoms in total. The van der Waals surface area contributed by atoms with E-state index in [-0.39, 0.29) is 11.3 Å². The molecule has 1 atom stereocenters. The SMILES string of the molecule is COc1ccc(/C=C/C(=O)N2c3ccccc3[C@](C)(c3ccc(Cl)cc3)CC2(C)C)cc1OC. The molecule has 5 heteroatoms. The highest BCUT2D eigenvalue weighted by atomic mass is 35.5. The number of anilines is 1. The van der Waals surface area contributed by atoms with Crippen LogP contribution in [0.2, 0.25) is 5.02 Å². The molecule has 34 heavy (non-hydrogen) atoms. The van der Waals surface area contributed by atoms with Crippen LogP contribution in [0.5, 0.6) is 11.5 Å². The molecule has 3 aromatic carbocycles. The van der Waals surface area contributed by atoms with Gasteiger partial charge in [-0.3, -0.25) is 4.79 Å². The Balaban J connectivity index is 1.72. The minimum atomic E-state index is -0.415. The summed E-state index contributed by atoms with van der Waals surface area (Å²) in [5.41, 5.74) is 3.43. The molecular formula is C29H30ClNO3. The second kappa shape index (κ2) is 9.19. The summed E-state index contributed by atoms with van der Waals surface area (Å²) in [6.07, 6.45) is 4.22. The zero-order valence-corrected chi connectivity index (χ0v) is 21.0. The zero-order chi connectivity index (χ0) is 24.5. The Morgan fingerprint density at radius 1 is 0.941 bits per heavy atom. The normalized spacial score (nSPS) is 19.1. The Morgan fingerprint density at radius 3 is 2.29 bits per heavy atom. The van der Waals surface area contributed by atoms with Crippen molar-refractivity contribution in [2.75, 3.05) is 19.1 Å². The minimum absolute atomic E-state index is 0.0645. The zero-order valence-electron chi connectivity index (χ0n) is 20.3. The van der Waals surface area contributed by atoms with Crippen LogP contribution in [0.4, 0.5) is 5.69 Å². The van der Waals surface area contributed by atoms with Crippen LogP contribution in [0.25, 0.3) is 6.08 Å². The molecule has 176 valence electrons. The van der Waals surface area contributed by atoms with Gasteiger partial charge in [-0.2, -0.15) is 0 Å². The maximum absolute atomic E-state index is 13.6. The molecule has 0 aliphatic carbocycles. The summed E-state index contributed by atoms with van der Waals surface area (Å²) in [5, 5.41) is 0.716. The van der Waals surface area contributed by atoms with Crippen molar-refractivity contribution in [1.82, 2.24) is 0 Å². The van der Waals surface area contributed by atoms with Crippen LogP contribution in [0, 0.1) is 0 Å². The smallest absolute Gasteiger partial charge is 0.251 e. The van der Waals surface area contributed by atoms with Gasteiger partial charge in [-0.1, -0.05) is 54.9 Å². The van der Waals surface area contributed by atoms with Crippen LogP contribution in [-0.4, -0.2) is 25.7 Å². The Bertz CT molecular complexity index is 1230. The molecule has 1 amide bonds. The van der Waals surface area contributed by atoms with E-state index in [0.29, 0.717) is 16.5 Å². The number of ether oxygens (including phenoxy) is 2. The predicted octanol–water partition coefficient (Wildman–Crippen LogP) is 6.89. The van der Waals surface area contributed by atoms with Crippen LogP contribution in [0.3, 0.4) is 0 Å². The number of rotatable bonds is 5. The third-order valence-corrected chi connectivity index (χ3v) is 6.91. The molecule has 0 N–H and O–H groups in total. The first-order valence-corrected chi connectivity index (χ1v) is 11.7. The van der Waals surface area contributed by atoms with Crippen molar-refractivity contribution in [3.05, 3.63) is 94.5 Å². The molecule has 0 fully saturated rings. The van der Waals surface area contributed by atoms with E-state index in [1.807, 2.05) is 59.5 Å². The number of halogens is 1. The first kappa shape index (κ1) is 23.9. The Labute approximate surface area is 206 Å². The van der Waals surface area contributed by atoms with Gasteiger partial charge in [0, 0.05) is 27.7 Å². The highest BCUT2D eigenvalue weighted by Gasteiger charge is 2.47. The summed E-state index contributed by atoms with van der Waals surface area (Å²) in [4.78, 5) is 15.5. The summed E-state index contributed by atoms with van der Waals surface area (Å²) in [7, 11) is 3.20. The fourth-order valence-corrected chi connectivity index (χ4v) is 5.32. The monoisotopic (exact) mass is 475 g/mol. The summed E-state index contributed by atoms with van der Waals surface area (Å²) in [5.74, 6) is 1.21. The molecule has 0 saturated heterocycles. The molecule has 1 heterocycles. The minimum Gasteiger partial charge on any atom is -0.493 e. The van der Waals surface area contributed by atoms with Gasteiger partial charge in [0.05, 0.1) is 14.2 Å². The molecule has 1 aliphatic heterocycles. The molecule has 0 spiro atoms. The van der Waals surface area contributed by atoms with Gasteiger partial charge in [0.2, 0.25) is 0 Å². The van der Waals surface area contributed by atoms with Gasteiger partial charge in [-0.15, -0.1) is 0 Å². The van der Waals surface area contributed by atoms with Crippen molar-refractivity contribution in [3.63, 3.8) is 0 Å². The molecule has 3 aromatic rings. The molecule has 4 rings (SSSR count). The third kappa shape index (κ3) is 4.30. The lowest BCUT2D eigenvalue weighted by Crippen LogP contribution is -2.55. The maximum Gasteiger partial charge on any atom is 0.251 e. The largest absolute Gasteiger partial charge is 0.493 e. The highest BCUT2D eigenvalue weighted by Crippen LogP contribution is 2.50. The Hall–Kier alpha value is -3.24. The Morgan fingerprint density at radius 2 is 1.62 bits per heavy atom. The lowest BCUT2D eigenvalue weighted by Gasteiger charge is -2.51. The number of carbonyl (C=O) groups excluding carboxylic acids is 1. The van der Waals surface area contributed by atoms with Gasteiger partial charge in [-0.05, 0) is 73.4 Å². The average molecular weight is 476 g/mol. The number of hydrogen-bond donors (Lipinski definition) is 0. The van der Waals surface area contributed by atoms with Crippen molar-refractivity contribution in [1.29, 1.82) is 0 Å². The number of fused-ring (bicyclic) bond motifs is 1. The van der Waals surface area contributed by atoms with Gasteiger partial charge in [-0.25, -0.2) is 0 Å². The summed E-state index contributed by atoms with van der Waals surface area (Å²) in [6.45, 7) is 6.50. The first-order chi connectivity index (χ1) is 16.2. The fourth-order valence-electron chi connectivity index (χ4n) is 5.19. The maximum atomic E-state index is 13.6. The topological polar surface area (TPSA) is 38.8 Å². The molecule has 0 radical (unpaired) electrons. The Kier molecular flexibility index (Phi) is 6.46. The molecule has 1 aliphatic rings. The quantitative estimate of drug-likeness (QED) is 0.377. The van der Waals surface area contributed by atoms with E-state index < -0.39 is 5.54 Å². The van der Waals surface area contributed by atoms with E-state index in [9.17, 15) is 4.79 Å². The lowest BCUT2D eigenvalue weighted by molar-refractivity contribution is -0.115. The summed E-state index contributed by atoms with van der Waals surface area (Å²) >= 11 is 6.16. The predicted molar refractivity (Wildman–Crippen MR) is 139 cm³/mol. The van der Waals surface area contributed by atoms with Crippen molar-refractivity contribution in [3.8, 4) is 11.5 Å². The van der Waals surface area contributed by atoms with E-state index in [1.54, 1.807) is 20.3 Å². The van der Waals surface area contributed by atoms with Gasteiger partial charge >= 0.3 is 0 Å². The van der Waals surface area contributed by atoms with Crippen LogP contribution in [0.1, 0.15) is 43.9 Å².